The SMILES string of the molecule is CCCCOc1cc([N+](=O)[O-])c(N)cc1C(=O)OC. The summed E-state index contributed by atoms with van der Waals surface area (Å²) < 4.78 is 9.98. The highest BCUT2D eigenvalue weighted by Crippen LogP contribution is 2.31. The number of hydrogen-bond acceptors (Lipinski definition) is 6. The molecule has 0 aliphatic carbocycles. The van der Waals surface area contributed by atoms with Crippen LogP contribution in [0.15, 0.2) is 12.1 Å². The number of nitrogen functional groups attached to an aromatic ring is 1. The third-order valence-corrected chi connectivity index (χ3v) is 2.49. The molecule has 0 aliphatic rings. The van der Waals surface area contributed by atoms with Crippen molar-refractivity contribution in [2.75, 3.05) is 19.5 Å². The lowest BCUT2D eigenvalue weighted by Crippen LogP contribution is -2.09. The van der Waals surface area contributed by atoms with Gasteiger partial charge in [0.1, 0.15) is 17.0 Å². The second kappa shape index (κ2) is 6.58. The Hall–Kier alpha value is -2.31. The number of hydrogen-bond donors (Lipinski definition) is 1. The summed E-state index contributed by atoms with van der Waals surface area (Å²) in [7, 11) is 1.22. The van der Waals surface area contributed by atoms with Gasteiger partial charge in [-0.15, -0.1) is 0 Å². The number of nitro groups is 1. The minimum Gasteiger partial charge on any atom is -0.492 e. The Labute approximate surface area is 110 Å². The number of nitrogens with zero attached hydrogens (tertiary/aromatic N) is 1. The fraction of sp³-hybridized carbons (Fsp3) is 0.417. The molecule has 19 heavy (non-hydrogen) atoms. The highest BCUT2D eigenvalue weighted by Gasteiger charge is 2.21. The third kappa shape index (κ3) is 3.57. The number of unbranched alkanes of at least 4 members (excludes halogenated alkanes) is 1. The van der Waals surface area contributed by atoms with E-state index in [1.165, 1.54) is 13.2 Å². The van der Waals surface area contributed by atoms with Crippen LogP contribution in [-0.4, -0.2) is 24.6 Å². The highest BCUT2D eigenvalue weighted by atomic mass is 16.6. The van der Waals surface area contributed by atoms with Gasteiger partial charge >= 0.3 is 5.97 Å². The average molecular weight is 268 g/mol. The Morgan fingerprint density at radius 1 is 1.47 bits per heavy atom. The maximum Gasteiger partial charge on any atom is 0.341 e. The number of carbonyl (C=O) groups is 1. The molecule has 0 bridgehead atoms. The van der Waals surface area contributed by atoms with Gasteiger partial charge in [-0.25, -0.2) is 4.79 Å². The zero-order valence-corrected chi connectivity index (χ0v) is 10.8. The lowest BCUT2D eigenvalue weighted by molar-refractivity contribution is -0.384. The van der Waals surface area contributed by atoms with Crippen LogP contribution in [0.2, 0.25) is 0 Å². The molecule has 2 N–H and O–H groups in total. The van der Waals surface area contributed by atoms with E-state index in [1.54, 1.807) is 0 Å². The summed E-state index contributed by atoms with van der Waals surface area (Å²) in [5.74, 6) is -0.533. The van der Waals surface area contributed by atoms with Gasteiger partial charge in [-0.1, -0.05) is 13.3 Å². The first-order chi connectivity index (χ1) is 9.01. The monoisotopic (exact) mass is 268 g/mol. The molecule has 0 saturated carbocycles. The first-order valence-electron chi connectivity index (χ1n) is 5.80. The molecule has 0 aromatic heterocycles. The van der Waals surface area contributed by atoms with Crippen molar-refractivity contribution in [1.29, 1.82) is 0 Å². The largest absolute Gasteiger partial charge is 0.492 e. The topological polar surface area (TPSA) is 105 Å². The number of esters is 1. The van der Waals surface area contributed by atoms with Crippen molar-refractivity contribution < 1.29 is 19.2 Å². The second-order valence-electron chi connectivity index (χ2n) is 3.86. The standard InChI is InChI=1S/C12H16N2O5/c1-3-4-5-19-11-7-10(14(16)17)9(13)6-8(11)12(15)18-2/h6-7H,3-5,13H2,1-2H3. The van der Waals surface area contributed by atoms with E-state index in [1.807, 2.05) is 6.92 Å². The summed E-state index contributed by atoms with van der Waals surface area (Å²) in [4.78, 5) is 21.8. The highest BCUT2D eigenvalue weighted by molar-refractivity contribution is 5.94. The predicted molar refractivity (Wildman–Crippen MR) is 69.3 cm³/mol. The summed E-state index contributed by atoms with van der Waals surface area (Å²) in [6.07, 6.45) is 1.68. The zero-order chi connectivity index (χ0) is 14.4. The van der Waals surface area contributed by atoms with E-state index in [9.17, 15) is 14.9 Å². The summed E-state index contributed by atoms with van der Waals surface area (Å²) >= 11 is 0. The lowest BCUT2D eigenvalue weighted by Gasteiger charge is -2.10. The Morgan fingerprint density at radius 2 is 2.16 bits per heavy atom. The van der Waals surface area contributed by atoms with Gasteiger partial charge in [0.2, 0.25) is 0 Å². The van der Waals surface area contributed by atoms with Gasteiger partial charge in [-0.05, 0) is 12.5 Å². The van der Waals surface area contributed by atoms with Crippen LogP contribution in [0.5, 0.6) is 5.75 Å². The van der Waals surface area contributed by atoms with Crippen molar-refractivity contribution in [3.63, 3.8) is 0 Å². The molecule has 1 aromatic rings. The fourth-order valence-electron chi connectivity index (χ4n) is 1.46. The minimum absolute atomic E-state index is 0.0849. The molecular formula is C12H16N2O5. The number of nitro benzene ring substituents is 1. The van der Waals surface area contributed by atoms with Crippen molar-refractivity contribution in [3.05, 3.63) is 27.8 Å². The minimum atomic E-state index is -0.645. The van der Waals surface area contributed by atoms with Crippen molar-refractivity contribution in [2.45, 2.75) is 19.8 Å². The average Bonchev–Trinajstić information content (AvgIpc) is 2.39. The number of nitrogens with two attached hydrogens (primary N) is 1. The van der Waals surface area contributed by atoms with E-state index >= 15 is 0 Å². The lowest BCUT2D eigenvalue weighted by atomic mass is 10.1. The van der Waals surface area contributed by atoms with Crippen molar-refractivity contribution in [2.24, 2.45) is 0 Å². The van der Waals surface area contributed by atoms with Crippen molar-refractivity contribution >= 4 is 17.3 Å². The first kappa shape index (κ1) is 14.7. The molecule has 0 heterocycles. The molecule has 0 spiro atoms. The predicted octanol–water partition coefficient (Wildman–Crippen LogP) is 2.14. The first-order valence-corrected chi connectivity index (χ1v) is 5.80. The van der Waals surface area contributed by atoms with Crippen LogP contribution in [0.4, 0.5) is 11.4 Å². The van der Waals surface area contributed by atoms with E-state index in [-0.39, 0.29) is 22.7 Å². The number of carbonyl (C=O) groups excluding carboxylic acids is 1. The molecule has 104 valence electrons. The summed E-state index contributed by atoms with van der Waals surface area (Å²) in [5.41, 5.74) is 5.22. The molecule has 1 aromatic carbocycles. The van der Waals surface area contributed by atoms with E-state index in [0.717, 1.165) is 18.9 Å². The van der Waals surface area contributed by atoms with Crippen LogP contribution >= 0.6 is 0 Å². The molecule has 0 fully saturated rings. The second-order valence-corrected chi connectivity index (χ2v) is 3.86. The Kier molecular flexibility index (Phi) is 5.11. The van der Waals surface area contributed by atoms with Crippen LogP contribution in [0, 0.1) is 10.1 Å². The Bertz CT molecular complexity index is 487. The number of benzene rings is 1. The van der Waals surface area contributed by atoms with Crippen LogP contribution < -0.4 is 10.5 Å². The van der Waals surface area contributed by atoms with Gasteiger partial charge < -0.3 is 15.2 Å². The van der Waals surface area contributed by atoms with E-state index < -0.39 is 10.9 Å². The van der Waals surface area contributed by atoms with Gasteiger partial charge in [0, 0.05) is 0 Å². The molecule has 0 unspecified atom stereocenters. The van der Waals surface area contributed by atoms with Crippen molar-refractivity contribution in [1.82, 2.24) is 0 Å². The molecule has 0 saturated heterocycles. The molecule has 1 rings (SSSR count). The van der Waals surface area contributed by atoms with E-state index in [4.69, 9.17) is 10.5 Å². The van der Waals surface area contributed by atoms with Gasteiger partial charge in [0.05, 0.1) is 24.7 Å². The molecule has 0 atom stereocenters. The molecule has 7 nitrogen and oxygen atoms in total. The fourth-order valence-corrected chi connectivity index (χ4v) is 1.46. The van der Waals surface area contributed by atoms with Crippen LogP contribution in [-0.2, 0) is 4.74 Å². The van der Waals surface area contributed by atoms with Gasteiger partial charge in [-0.3, -0.25) is 10.1 Å². The summed E-state index contributed by atoms with van der Waals surface area (Å²) in [5, 5.41) is 10.8. The number of ether oxygens (including phenoxy) is 2. The number of anilines is 1. The molecular weight excluding hydrogens is 252 g/mol. The van der Waals surface area contributed by atoms with E-state index in [2.05, 4.69) is 4.74 Å². The van der Waals surface area contributed by atoms with Crippen molar-refractivity contribution in [3.8, 4) is 5.75 Å². The van der Waals surface area contributed by atoms with Gasteiger partial charge in [0.15, 0.2) is 0 Å². The molecule has 0 amide bonds. The van der Waals surface area contributed by atoms with Gasteiger partial charge in [-0.2, -0.15) is 0 Å². The maximum absolute atomic E-state index is 11.6. The van der Waals surface area contributed by atoms with E-state index in [0.29, 0.717) is 6.61 Å². The van der Waals surface area contributed by atoms with Crippen LogP contribution in [0.1, 0.15) is 30.1 Å². The Balaban J connectivity index is 3.17. The number of methoxy groups -OCH3 is 1. The smallest absolute Gasteiger partial charge is 0.341 e. The number of rotatable bonds is 6. The summed E-state index contributed by atoms with van der Waals surface area (Å²) in [6.45, 7) is 2.34. The molecule has 7 heteroatoms. The summed E-state index contributed by atoms with van der Waals surface area (Å²) in [6, 6.07) is 2.35. The zero-order valence-electron chi connectivity index (χ0n) is 10.8. The quantitative estimate of drug-likeness (QED) is 0.278. The van der Waals surface area contributed by atoms with Gasteiger partial charge in [0.25, 0.3) is 5.69 Å². The normalized spacial score (nSPS) is 10.0. The third-order valence-electron chi connectivity index (χ3n) is 2.49. The molecule has 0 radical (unpaired) electrons. The maximum atomic E-state index is 11.6. The van der Waals surface area contributed by atoms with Crippen LogP contribution in [0.25, 0.3) is 0 Å². The molecule has 0 aliphatic heterocycles. The van der Waals surface area contributed by atoms with Crippen LogP contribution in [0.3, 0.4) is 0 Å². The Morgan fingerprint density at radius 3 is 2.68 bits per heavy atom.